The number of hydrogen-bond donors (Lipinski definition) is 0. The van der Waals surface area contributed by atoms with Crippen LogP contribution in [0.2, 0.25) is 0 Å². The first kappa shape index (κ1) is 21.2. The first-order valence-corrected chi connectivity index (χ1v) is 11.2. The molecule has 0 N–H and O–H groups in total. The van der Waals surface area contributed by atoms with Crippen LogP contribution in [0.4, 0.5) is 11.4 Å². The van der Waals surface area contributed by atoms with Crippen LogP contribution in [0.15, 0.2) is 79.1 Å². The molecule has 3 aromatic rings. The highest BCUT2D eigenvalue weighted by molar-refractivity contribution is 6.23. The Labute approximate surface area is 192 Å². The molecule has 33 heavy (non-hydrogen) atoms. The van der Waals surface area contributed by atoms with Gasteiger partial charge >= 0.3 is 0 Å². The third kappa shape index (κ3) is 3.85. The smallest absolute Gasteiger partial charge is 0.266 e. The Morgan fingerprint density at radius 1 is 0.909 bits per heavy atom. The molecule has 5 rings (SSSR count). The van der Waals surface area contributed by atoms with Gasteiger partial charge in [0.15, 0.2) is 6.10 Å². The van der Waals surface area contributed by atoms with E-state index in [-0.39, 0.29) is 11.8 Å². The summed E-state index contributed by atoms with van der Waals surface area (Å²) in [5.41, 5.74) is 2.17. The summed E-state index contributed by atoms with van der Waals surface area (Å²) < 4.78 is 5.70. The van der Waals surface area contributed by atoms with Crippen LogP contribution in [0.25, 0.3) is 0 Å². The first-order chi connectivity index (χ1) is 16.2. The van der Waals surface area contributed by atoms with E-state index >= 15 is 0 Å². The van der Waals surface area contributed by atoms with Crippen LogP contribution in [-0.2, 0) is 14.4 Å². The molecule has 2 aromatic carbocycles. The molecule has 0 spiro atoms. The summed E-state index contributed by atoms with van der Waals surface area (Å²) in [6.07, 6.45) is 4.50. The van der Waals surface area contributed by atoms with E-state index in [1.54, 1.807) is 41.7 Å². The normalized spacial score (nSPS) is 22.0. The lowest BCUT2D eigenvalue weighted by atomic mass is 9.91. The standard InChI is InChI=1S/C26H25N3O4/c1-2-3-17-32-21-11-9-19(10-12-21)28-25(30)22-23(18-13-15-27-16-14-18)29(33-24(22)26(28)31)20-7-5-4-6-8-20/h4-16,22-24H,2-3,17H2,1H3/t22-,23+,24+/m1/s1. The second kappa shape index (κ2) is 9.03. The minimum atomic E-state index is -0.892. The maximum absolute atomic E-state index is 13.6. The van der Waals surface area contributed by atoms with Crippen molar-refractivity contribution in [3.63, 3.8) is 0 Å². The molecule has 0 aliphatic carbocycles. The molecule has 2 aliphatic heterocycles. The lowest BCUT2D eigenvalue weighted by Crippen LogP contribution is -2.37. The molecule has 3 atom stereocenters. The summed E-state index contributed by atoms with van der Waals surface area (Å²) >= 11 is 0. The zero-order valence-corrected chi connectivity index (χ0v) is 18.3. The predicted molar refractivity (Wildman–Crippen MR) is 124 cm³/mol. The van der Waals surface area contributed by atoms with E-state index in [2.05, 4.69) is 11.9 Å². The van der Waals surface area contributed by atoms with E-state index in [0.717, 1.165) is 24.1 Å². The number of ether oxygens (including phenoxy) is 1. The number of pyridine rings is 1. The molecule has 2 saturated heterocycles. The number of unbranched alkanes of at least 4 members (excludes halogenated alkanes) is 1. The summed E-state index contributed by atoms with van der Waals surface area (Å²) in [6.45, 7) is 2.74. The van der Waals surface area contributed by atoms with Crippen LogP contribution < -0.4 is 14.7 Å². The van der Waals surface area contributed by atoms with Gasteiger partial charge in [0, 0.05) is 12.4 Å². The Balaban J connectivity index is 1.45. The molecule has 2 fully saturated rings. The lowest BCUT2D eigenvalue weighted by Gasteiger charge is -2.28. The van der Waals surface area contributed by atoms with Crippen LogP contribution in [-0.4, -0.2) is 29.5 Å². The topological polar surface area (TPSA) is 72.0 Å². The van der Waals surface area contributed by atoms with E-state index in [0.29, 0.717) is 18.0 Å². The molecule has 1 aromatic heterocycles. The van der Waals surface area contributed by atoms with Crippen molar-refractivity contribution in [1.29, 1.82) is 0 Å². The molecule has 3 heterocycles. The molecule has 2 amide bonds. The van der Waals surface area contributed by atoms with Crippen molar-refractivity contribution < 1.29 is 19.2 Å². The largest absolute Gasteiger partial charge is 0.494 e. The van der Waals surface area contributed by atoms with Gasteiger partial charge in [-0.05, 0) is 60.5 Å². The highest BCUT2D eigenvalue weighted by Gasteiger charge is 2.60. The number of hydroxylamine groups is 1. The van der Waals surface area contributed by atoms with Crippen molar-refractivity contribution >= 4 is 23.2 Å². The molecule has 168 valence electrons. The Hall–Kier alpha value is -3.71. The minimum Gasteiger partial charge on any atom is -0.494 e. The minimum absolute atomic E-state index is 0.273. The average molecular weight is 444 g/mol. The number of hydrogen-bond acceptors (Lipinski definition) is 6. The quantitative estimate of drug-likeness (QED) is 0.400. The van der Waals surface area contributed by atoms with Crippen LogP contribution in [0.5, 0.6) is 5.75 Å². The van der Waals surface area contributed by atoms with Crippen molar-refractivity contribution in [3.05, 3.63) is 84.7 Å². The highest BCUT2D eigenvalue weighted by atomic mass is 16.7. The van der Waals surface area contributed by atoms with Crippen molar-refractivity contribution in [2.75, 3.05) is 16.6 Å². The second-order valence-electron chi connectivity index (χ2n) is 8.15. The number of nitrogens with zero attached hydrogens (tertiary/aromatic N) is 3. The monoisotopic (exact) mass is 443 g/mol. The number of carbonyl (C=O) groups excluding carboxylic acids is 2. The summed E-state index contributed by atoms with van der Waals surface area (Å²) in [7, 11) is 0. The number of rotatable bonds is 7. The number of aromatic nitrogens is 1. The first-order valence-electron chi connectivity index (χ1n) is 11.2. The average Bonchev–Trinajstić information content (AvgIpc) is 3.37. The molecular weight excluding hydrogens is 418 g/mol. The van der Waals surface area contributed by atoms with Crippen molar-refractivity contribution in [3.8, 4) is 5.75 Å². The van der Waals surface area contributed by atoms with Gasteiger partial charge in [0.1, 0.15) is 11.7 Å². The van der Waals surface area contributed by atoms with Crippen molar-refractivity contribution in [1.82, 2.24) is 4.98 Å². The van der Waals surface area contributed by atoms with Gasteiger partial charge in [0.05, 0.1) is 24.0 Å². The number of anilines is 2. The fraction of sp³-hybridized carbons (Fsp3) is 0.269. The maximum atomic E-state index is 13.6. The predicted octanol–water partition coefficient (Wildman–Crippen LogP) is 4.31. The third-order valence-corrected chi connectivity index (χ3v) is 6.04. The van der Waals surface area contributed by atoms with E-state index in [1.165, 1.54) is 4.90 Å². The summed E-state index contributed by atoms with van der Waals surface area (Å²) in [5.74, 6) is -0.583. The number of benzene rings is 2. The summed E-state index contributed by atoms with van der Waals surface area (Å²) in [4.78, 5) is 38.4. The SMILES string of the molecule is CCCCOc1ccc(N2C(=O)[C@H]3[C@H](ON(c4ccccc4)[C@H]3c3ccncc3)C2=O)cc1. The van der Waals surface area contributed by atoms with Gasteiger partial charge in [-0.15, -0.1) is 0 Å². The second-order valence-corrected chi connectivity index (χ2v) is 8.15. The van der Waals surface area contributed by atoms with Gasteiger partial charge in [-0.1, -0.05) is 31.5 Å². The van der Waals surface area contributed by atoms with Gasteiger partial charge in [0.2, 0.25) is 5.91 Å². The molecule has 0 unspecified atom stereocenters. The van der Waals surface area contributed by atoms with E-state index in [9.17, 15) is 9.59 Å². The Bertz CT molecular complexity index is 1120. The van der Waals surface area contributed by atoms with Crippen LogP contribution in [0.1, 0.15) is 31.4 Å². The number of para-hydroxylation sites is 1. The van der Waals surface area contributed by atoms with Gasteiger partial charge in [-0.25, -0.2) is 9.96 Å². The fourth-order valence-corrected chi connectivity index (χ4v) is 4.39. The van der Waals surface area contributed by atoms with Gasteiger partial charge in [0.25, 0.3) is 5.91 Å². The van der Waals surface area contributed by atoms with Gasteiger partial charge in [-0.3, -0.25) is 19.4 Å². The molecule has 0 saturated carbocycles. The number of carbonyl (C=O) groups is 2. The molecule has 0 radical (unpaired) electrons. The van der Waals surface area contributed by atoms with E-state index in [4.69, 9.17) is 9.57 Å². The molecule has 7 nitrogen and oxygen atoms in total. The van der Waals surface area contributed by atoms with Crippen molar-refractivity contribution in [2.45, 2.75) is 31.9 Å². The maximum Gasteiger partial charge on any atom is 0.266 e. The molecular formula is C26H25N3O4. The van der Waals surface area contributed by atoms with E-state index in [1.807, 2.05) is 42.5 Å². The highest BCUT2D eigenvalue weighted by Crippen LogP contribution is 2.47. The van der Waals surface area contributed by atoms with Crippen LogP contribution in [0, 0.1) is 5.92 Å². The van der Waals surface area contributed by atoms with Gasteiger partial charge < -0.3 is 4.74 Å². The zero-order valence-electron chi connectivity index (χ0n) is 18.3. The third-order valence-electron chi connectivity index (χ3n) is 6.04. The Morgan fingerprint density at radius 2 is 1.64 bits per heavy atom. The Kier molecular flexibility index (Phi) is 5.79. The summed E-state index contributed by atoms with van der Waals surface area (Å²) in [6, 6.07) is 19.8. The van der Waals surface area contributed by atoms with Crippen LogP contribution in [0.3, 0.4) is 0 Å². The molecule has 2 aliphatic rings. The summed E-state index contributed by atoms with van der Waals surface area (Å²) in [5, 5.41) is 1.68. The Morgan fingerprint density at radius 3 is 2.33 bits per heavy atom. The number of fused-ring (bicyclic) bond motifs is 1. The van der Waals surface area contributed by atoms with Crippen molar-refractivity contribution in [2.24, 2.45) is 5.92 Å². The molecule has 7 heteroatoms. The lowest BCUT2D eigenvalue weighted by molar-refractivity contribution is -0.126. The zero-order chi connectivity index (χ0) is 22.8. The van der Waals surface area contributed by atoms with Crippen LogP contribution >= 0.6 is 0 Å². The number of imide groups is 1. The molecule has 0 bridgehead atoms. The van der Waals surface area contributed by atoms with Gasteiger partial charge in [-0.2, -0.15) is 0 Å². The fourth-order valence-electron chi connectivity index (χ4n) is 4.39. The van der Waals surface area contributed by atoms with E-state index < -0.39 is 18.1 Å². The number of amides is 2.